The lowest BCUT2D eigenvalue weighted by molar-refractivity contribution is -0.127. The number of rotatable bonds is 4. The molecule has 0 saturated carbocycles. The molecule has 0 aliphatic carbocycles. The lowest BCUT2D eigenvalue weighted by Crippen LogP contribution is -2.36. The predicted octanol–water partition coefficient (Wildman–Crippen LogP) is 4.74. The summed E-state index contributed by atoms with van der Waals surface area (Å²) in [6.07, 6.45) is 1.65. The van der Waals surface area contributed by atoms with E-state index in [1.54, 1.807) is 6.08 Å². The van der Waals surface area contributed by atoms with E-state index in [4.69, 9.17) is 0 Å². The molecular formula is C20H17BrN2O3S. The molecule has 3 rings (SSSR count). The largest absolute Gasteiger partial charge is 0.325 e. The van der Waals surface area contributed by atoms with Crippen molar-refractivity contribution < 1.29 is 14.4 Å². The fraction of sp³-hybridized carbons (Fsp3) is 0.150. The number of halogens is 1. The second-order valence-corrected chi connectivity index (χ2v) is 8.15. The van der Waals surface area contributed by atoms with E-state index in [2.05, 4.69) is 21.2 Å². The van der Waals surface area contributed by atoms with Crippen molar-refractivity contribution in [1.29, 1.82) is 0 Å². The predicted molar refractivity (Wildman–Crippen MR) is 111 cm³/mol. The third kappa shape index (κ3) is 4.87. The molecule has 5 nitrogen and oxygen atoms in total. The molecule has 1 aliphatic heterocycles. The van der Waals surface area contributed by atoms with Gasteiger partial charge in [-0.15, -0.1) is 0 Å². The van der Waals surface area contributed by atoms with E-state index in [1.807, 2.05) is 56.3 Å². The maximum absolute atomic E-state index is 12.5. The average Bonchev–Trinajstić information content (AvgIpc) is 2.83. The molecule has 0 aromatic heterocycles. The summed E-state index contributed by atoms with van der Waals surface area (Å²) in [7, 11) is 0. The highest BCUT2D eigenvalue weighted by Crippen LogP contribution is 2.32. The van der Waals surface area contributed by atoms with Crippen molar-refractivity contribution in [2.45, 2.75) is 13.8 Å². The fourth-order valence-corrected chi connectivity index (χ4v) is 3.84. The number of imide groups is 1. The zero-order valence-electron chi connectivity index (χ0n) is 14.8. The summed E-state index contributed by atoms with van der Waals surface area (Å²) in [5.74, 6) is -0.865. The van der Waals surface area contributed by atoms with Gasteiger partial charge in [-0.05, 0) is 72.6 Å². The van der Waals surface area contributed by atoms with Crippen LogP contribution < -0.4 is 5.32 Å². The van der Waals surface area contributed by atoms with Crippen LogP contribution in [0.2, 0.25) is 0 Å². The number of hydrogen-bond donors (Lipinski definition) is 1. The SMILES string of the molecule is Cc1cc(C)cc(NC(=O)CN2C(=O)S/C(=C/c3ccc(Br)cc3)C2=O)c1. The van der Waals surface area contributed by atoms with Crippen LogP contribution in [0.4, 0.5) is 10.5 Å². The number of aryl methyl sites for hydroxylation is 2. The van der Waals surface area contributed by atoms with Gasteiger partial charge in [0.1, 0.15) is 6.54 Å². The molecule has 0 bridgehead atoms. The Morgan fingerprint density at radius 1 is 1.11 bits per heavy atom. The summed E-state index contributed by atoms with van der Waals surface area (Å²) < 4.78 is 0.927. The van der Waals surface area contributed by atoms with Gasteiger partial charge in [0.15, 0.2) is 0 Å². The molecule has 3 amide bonds. The van der Waals surface area contributed by atoms with Gasteiger partial charge in [-0.3, -0.25) is 19.3 Å². The molecule has 1 N–H and O–H groups in total. The molecule has 27 heavy (non-hydrogen) atoms. The molecule has 0 radical (unpaired) electrons. The number of anilines is 1. The lowest BCUT2D eigenvalue weighted by Gasteiger charge is -2.13. The van der Waals surface area contributed by atoms with E-state index in [0.717, 1.165) is 37.8 Å². The summed E-state index contributed by atoms with van der Waals surface area (Å²) in [4.78, 5) is 38.3. The van der Waals surface area contributed by atoms with Crippen LogP contribution in [0.5, 0.6) is 0 Å². The van der Waals surface area contributed by atoms with Gasteiger partial charge in [-0.1, -0.05) is 34.1 Å². The Morgan fingerprint density at radius 3 is 2.37 bits per heavy atom. The van der Waals surface area contributed by atoms with E-state index in [1.165, 1.54) is 0 Å². The highest BCUT2D eigenvalue weighted by Gasteiger charge is 2.36. The Hall–Kier alpha value is -2.38. The van der Waals surface area contributed by atoms with Crippen molar-refractivity contribution in [1.82, 2.24) is 4.90 Å². The number of nitrogens with zero attached hydrogens (tertiary/aromatic N) is 1. The summed E-state index contributed by atoms with van der Waals surface area (Å²) in [5.41, 5.74) is 3.50. The van der Waals surface area contributed by atoms with Gasteiger partial charge in [-0.25, -0.2) is 0 Å². The van der Waals surface area contributed by atoms with Crippen LogP contribution in [-0.4, -0.2) is 28.5 Å². The quantitative estimate of drug-likeness (QED) is 0.691. The molecule has 0 spiro atoms. The first-order valence-electron chi connectivity index (χ1n) is 8.21. The Kier molecular flexibility index (Phi) is 5.82. The van der Waals surface area contributed by atoms with Crippen LogP contribution >= 0.6 is 27.7 Å². The standard InChI is InChI=1S/C20H17BrN2O3S/c1-12-7-13(2)9-16(8-12)22-18(24)11-23-19(25)17(27-20(23)26)10-14-3-5-15(21)6-4-14/h3-10H,11H2,1-2H3,(H,22,24)/b17-10+. The van der Waals surface area contributed by atoms with Crippen molar-refractivity contribution in [2.24, 2.45) is 0 Å². The van der Waals surface area contributed by atoms with E-state index >= 15 is 0 Å². The second-order valence-electron chi connectivity index (χ2n) is 6.24. The summed E-state index contributed by atoms with van der Waals surface area (Å²) in [6, 6.07) is 13.1. The number of benzene rings is 2. The number of amides is 3. The molecule has 2 aromatic carbocycles. The number of thioether (sulfide) groups is 1. The van der Waals surface area contributed by atoms with Crippen LogP contribution in [-0.2, 0) is 9.59 Å². The highest BCUT2D eigenvalue weighted by atomic mass is 79.9. The smallest absolute Gasteiger partial charge is 0.294 e. The number of carbonyl (C=O) groups is 3. The fourth-order valence-electron chi connectivity index (χ4n) is 2.74. The van der Waals surface area contributed by atoms with Crippen LogP contribution in [0.3, 0.4) is 0 Å². The molecule has 138 valence electrons. The zero-order valence-corrected chi connectivity index (χ0v) is 17.2. The lowest BCUT2D eigenvalue weighted by atomic mass is 10.1. The first-order valence-corrected chi connectivity index (χ1v) is 9.82. The van der Waals surface area contributed by atoms with Gasteiger partial charge in [0.2, 0.25) is 5.91 Å². The highest BCUT2D eigenvalue weighted by molar-refractivity contribution is 9.10. The molecule has 1 fully saturated rings. The van der Waals surface area contributed by atoms with Crippen molar-refractivity contribution in [2.75, 3.05) is 11.9 Å². The summed E-state index contributed by atoms with van der Waals surface area (Å²) in [6.45, 7) is 3.56. The molecule has 1 heterocycles. The minimum atomic E-state index is -0.455. The third-order valence-corrected chi connectivity index (χ3v) is 5.28. The van der Waals surface area contributed by atoms with Crippen LogP contribution in [0, 0.1) is 13.8 Å². The minimum Gasteiger partial charge on any atom is -0.325 e. The second kappa shape index (κ2) is 8.10. The van der Waals surface area contributed by atoms with E-state index in [9.17, 15) is 14.4 Å². The third-order valence-electron chi connectivity index (χ3n) is 3.85. The normalized spacial score (nSPS) is 15.5. The van der Waals surface area contributed by atoms with Gasteiger partial charge >= 0.3 is 0 Å². The monoisotopic (exact) mass is 444 g/mol. The van der Waals surface area contributed by atoms with Gasteiger partial charge < -0.3 is 5.32 Å². The Morgan fingerprint density at radius 2 is 1.74 bits per heavy atom. The first kappa shape index (κ1) is 19.4. The number of carbonyl (C=O) groups excluding carboxylic acids is 3. The molecule has 1 saturated heterocycles. The zero-order chi connectivity index (χ0) is 19.6. The molecular weight excluding hydrogens is 428 g/mol. The number of nitrogens with one attached hydrogen (secondary N) is 1. The van der Waals surface area contributed by atoms with Gasteiger partial charge in [0, 0.05) is 10.2 Å². The topological polar surface area (TPSA) is 66.5 Å². The van der Waals surface area contributed by atoms with Crippen molar-refractivity contribution in [3.05, 3.63) is 68.5 Å². The molecule has 7 heteroatoms. The van der Waals surface area contributed by atoms with Crippen molar-refractivity contribution >= 4 is 56.5 Å². The molecule has 0 atom stereocenters. The summed E-state index contributed by atoms with van der Waals surface area (Å²) in [5, 5.41) is 2.30. The molecule has 1 aliphatic rings. The number of hydrogen-bond acceptors (Lipinski definition) is 4. The van der Waals surface area contributed by atoms with Crippen LogP contribution in [0.1, 0.15) is 16.7 Å². The van der Waals surface area contributed by atoms with Gasteiger partial charge in [0.25, 0.3) is 11.1 Å². The Balaban J connectivity index is 1.69. The Bertz CT molecular complexity index is 934. The van der Waals surface area contributed by atoms with Gasteiger partial charge in [0.05, 0.1) is 4.91 Å². The first-order chi connectivity index (χ1) is 12.8. The van der Waals surface area contributed by atoms with Crippen LogP contribution in [0.15, 0.2) is 51.8 Å². The van der Waals surface area contributed by atoms with Crippen molar-refractivity contribution in [3.63, 3.8) is 0 Å². The van der Waals surface area contributed by atoms with Crippen molar-refractivity contribution in [3.8, 4) is 0 Å². The molecule has 0 unspecified atom stereocenters. The average molecular weight is 445 g/mol. The van der Waals surface area contributed by atoms with E-state index in [0.29, 0.717) is 10.6 Å². The van der Waals surface area contributed by atoms with E-state index < -0.39 is 17.1 Å². The maximum Gasteiger partial charge on any atom is 0.294 e. The molecule has 2 aromatic rings. The van der Waals surface area contributed by atoms with Crippen LogP contribution in [0.25, 0.3) is 6.08 Å². The van der Waals surface area contributed by atoms with E-state index in [-0.39, 0.29) is 6.54 Å². The minimum absolute atomic E-state index is 0.307. The summed E-state index contributed by atoms with van der Waals surface area (Å²) >= 11 is 4.19. The van der Waals surface area contributed by atoms with Gasteiger partial charge in [-0.2, -0.15) is 0 Å². The maximum atomic E-state index is 12.5. The Labute approximate surface area is 169 Å².